The number of carbonyl (C=O) groups excluding carboxylic acids is 1. The third kappa shape index (κ3) is 6.21. The molecule has 6 nitrogen and oxygen atoms in total. The van der Waals surface area contributed by atoms with Crippen molar-refractivity contribution in [3.8, 4) is 23.1 Å². The van der Waals surface area contributed by atoms with Crippen molar-refractivity contribution in [3.05, 3.63) is 54.1 Å². The number of aromatic nitrogens is 3. The first-order valence-corrected chi connectivity index (χ1v) is 12.0. The van der Waals surface area contributed by atoms with Crippen LogP contribution in [0, 0.1) is 18.8 Å². The Bertz CT molecular complexity index is 1050. The Labute approximate surface area is 196 Å². The highest BCUT2D eigenvalue weighted by molar-refractivity contribution is 5.90. The number of amides is 1. The molecule has 0 spiro atoms. The lowest BCUT2D eigenvalue weighted by Gasteiger charge is -2.10. The van der Waals surface area contributed by atoms with Gasteiger partial charge in [0.2, 0.25) is 5.91 Å². The molecule has 1 aliphatic carbocycles. The maximum atomic E-state index is 12.4. The second-order valence-corrected chi connectivity index (χ2v) is 9.48. The molecule has 3 aromatic rings. The van der Waals surface area contributed by atoms with Crippen molar-refractivity contribution in [2.24, 2.45) is 11.8 Å². The summed E-state index contributed by atoms with van der Waals surface area (Å²) in [5.41, 5.74) is 3.82. The average molecular weight is 447 g/mol. The lowest BCUT2D eigenvalue weighted by atomic mass is 10.0. The SMILES string of the molecule is Cc1ccc(-c2nc(OCC(C)C)nn2-c2ccc(NC(=O)CCC3CCCC3)cc2)cc1. The summed E-state index contributed by atoms with van der Waals surface area (Å²) in [6.07, 6.45) is 6.74. The number of ether oxygens (including phenoxy) is 1. The number of anilines is 1. The fourth-order valence-electron chi connectivity index (χ4n) is 4.21. The van der Waals surface area contributed by atoms with Crippen molar-refractivity contribution >= 4 is 11.6 Å². The van der Waals surface area contributed by atoms with E-state index in [0.29, 0.717) is 25.0 Å². The molecule has 0 saturated heterocycles. The third-order valence-electron chi connectivity index (χ3n) is 6.09. The topological polar surface area (TPSA) is 69.0 Å². The number of nitrogens with one attached hydrogen (secondary N) is 1. The summed E-state index contributed by atoms with van der Waals surface area (Å²) in [5, 5.41) is 7.64. The highest BCUT2D eigenvalue weighted by atomic mass is 16.5. The lowest BCUT2D eigenvalue weighted by molar-refractivity contribution is -0.116. The molecule has 2 aromatic carbocycles. The zero-order chi connectivity index (χ0) is 23.2. The first kappa shape index (κ1) is 23.0. The summed E-state index contributed by atoms with van der Waals surface area (Å²) in [4.78, 5) is 17.0. The summed E-state index contributed by atoms with van der Waals surface area (Å²) in [6, 6.07) is 16.3. The molecule has 0 radical (unpaired) electrons. The van der Waals surface area contributed by atoms with Crippen LogP contribution in [0.4, 0.5) is 5.69 Å². The first-order valence-electron chi connectivity index (χ1n) is 12.0. The van der Waals surface area contributed by atoms with Crippen molar-refractivity contribution in [3.63, 3.8) is 0 Å². The van der Waals surface area contributed by atoms with E-state index < -0.39 is 0 Å². The predicted molar refractivity (Wildman–Crippen MR) is 132 cm³/mol. The number of aryl methyl sites for hydroxylation is 1. The lowest BCUT2D eigenvalue weighted by Crippen LogP contribution is -2.12. The van der Waals surface area contributed by atoms with Gasteiger partial charge in [-0.05, 0) is 49.4 Å². The highest BCUT2D eigenvalue weighted by Crippen LogP contribution is 2.29. The quantitative estimate of drug-likeness (QED) is 0.426. The molecular weight excluding hydrogens is 412 g/mol. The van der Waals surface area contributed by atoms with Gasteiger partial charge in [0.15, 0.2) is 5.82 Å². The molecule has 4 rings (SSSR count). The normalized spacial score (nSPS) is 14.1. The minimum atomic E-state index is 0.0834. The molecule has 174 valence electrons. The smallest absolute Gasteiger partial charge is 0.336 e. The van der Waals surface area contributed by atoms with E-state index in [0.717, 1.165) is 35.1 Å². The van der Waals surface area contributed by atoms with Crippen LogP contribution in [-0.2, 0) is 4.79 Å². The zero-order valence-electron chi connectivity index (χ0n) is 19.9. The molecule has 1 aliphatic rings. The van der Waals surface area contributed by atoms with Gasteiger partial charge < -0.3 is 10.1 Å². The number of hydrogen-bond donors (Lipinski definition) is 1. The van der Waals surface area contributed by atoms with Gasteiger partial charge in [-0.25, -0.2) is 4.68 Å². The summed E-state index contributed by atoms with van der Waals surface area (Å²) in [7, 11) is 0. The molecule has 1 amide bonds. The molecule has 1 heterocycles. The van der Waals surface area contributed by atoms with Gasteiger partial charge in [0.05, 0.1) is 12.3 Å². The second kappa shape index (κ2) is 10.6. The average Bonchev–Trinajstić information content (AvgIpc) is 3.48. The molecule has 0 atom stereocenters. The standard InChI is InChI=1S/C27H34N4O2/c1-19(2)18-33-27-29-26(22-11-8-20(3)9-12-22)31(30-27)24-15-13-23(14-16-24)28-25(32)17-10-21-6-4-5-7-21/h8-9,11-16,19,21H,4-7,10,17-18H2,1-3H3,(H,28,32). The van der Waals surface area contributed by atoms with Crippen molar-refractivity contribution in [2.75, 3.05) is 11.9 Å². The summed E-state index contributed by atoms with van der Waals surface area (Å²) in [6.45, 7) is 6.81. The van der Waals surface area contributed by atoms with Gasteiger partial charge in [-0.15, -0.1) is 5.10 Å². The van der Waals surface area contributed by atoms with Gasteiger partial charge >= 0.3 is 6.01 Å². The molecule has 0 aliphatic heterocycles. The van der Waals surface area contributed by atoms with Crippen LogP contribution in [0.15, 0.2) is 48.5 Å². The number of rotatable bonds is 9. The van der Waals surface area contributed by atoms with Crippen molar-refractivity contribution in [1.82, 2.24) is 14.8 Å². The minimum Gasteiger partial charge on any atom is -0.462 e. The minimum absolute atomic E-state index is 0.0834. The van der Waals surface area contributed by atoms with E-state index in [1.54, 1.807) is 4.68 Å². The molecule has 6 heteroatoms. The zero-order valence-corrected chi connectivity index (χ0v) is 19.9. The van der Waals surface area contributed by atoms with Gasteiger partial charge in [-0.3, -0.25) is 4.79 Å². The summed E-state index contributed by atoms with van der Waals surface area (Å²) < 4.78 is 7.60. The van der Waals surface area contributed by atoms with Crippen molar-refractivity contribution in [2.45, 2.75) is 59.3 Å². The van der Waals surface area contributed by atoms with E-state index in [1.165, 1.54) is 31.2 Å². The maximum absolute atomic E-state index is 12.4. The van der Waals surface area contributed by atoms with Crippen LogP contribution in [0.1, 0.15) is 57.9 Å². The Morgan fingerprint density at radius 3 is 2.45 bits per heavy atom. The highest BCUT2D eigenvalue weighted by Gasteiger charge is 2.17. The Morgan fingerprint density at radius 1 is 1.09 bits per heavy atom. The fraction of sp³-hybridized carbons (Fsp3) is 0.444. The monoisotopic (exact) mass is 446 g/mol. The van der Waals surface area contributed by atoms with E-state index >= 15 is 0 Å². The van der Waals surface area contributed by atoms with E-state index in [4.69, 9.17) is 4.74 Å². The van der Waals surface area contributed by atoms with Gasteiger partial charge in [0.1, 0.15) is 0 Å². The molecule has 1 fully saturated rings. The van der Waals surface area contributed by atoms with E-state index in [9.17, 15) is 4.79 Å². The van der Waals surface area contributed by atoms with E-state index in [1.807, 2.05) is 36.4 Å². The Kier molecular flexibility index (Phi) is 7.43. The summed E-state index contributed by atoms with van der Waals surface area (Å²) >= 11 is 0. The molecule has 0 bridgehead atoms. The van der Waals surface area contributed by atoms with Crippen LogP contribution in [-0.4, -0.2) is 27.3 Å². The van der Waals surface area contributed by atoms with E-state index in [-0.39, 0.29) is 5.91 Å². The van der Waals surface area contributed by atoms with Crippen LogP contribution >= 0.6 is 0 Å². The van der Waals surface area contributed by atoms with Crippen LogP contribution in [0.3, 0.4) is 0 Å². The fourth-order valence-corrected chi connectivity index (χ4v) is 4.21. The van der Waals surface area contributed by atoms with Crippen LogP contribution in [0.2, 0.25) is 0 Å². The summed E-state index contributed by atoms with van der Waals surface area (Å²) in [5.74, 6) is 1.91. The molecule has 0 unspecified atom stereocenters. The van der Waals surface area contributed by atoms with Gasteiger partial charge in [0.25, 0.3) is 0 Å². The number of benzene rings is 2. The van der Waals surface area contributed by atoms with Crippen LogP contribution in [0.25, 0.3) is 17.1 Å². The van der Waals surface area contributed by atoms with Crippen molar-refractivity contribution in [1.29, 1.82) is 0 Å². The predicted octanol–water partition coefficient (Wildman–Crippen LogP) is 6.19. The number of nitrogens with zero attached hydrogens (tertiary/aromatic N) is 3. The molecule has 1 aromatic heterocycles. The molecule has 33 heavy (non-hydrogen) atoms. The molecule has 1 N–H and O–H groups in total. The number of carbonyl (C=O) groups is 1. The van der Waals surface area contributed by atoms with Crippen molar-refractivity contribution < 1.29 is 9.53 Å². The Morgan fingerprint density at radius 2 is 1.79 bits per heavy atom. The van der Waals surface area contributed by atoms with Crippen LogP contribution < -0.4 is 10.1 Å². The Hall–Kier alpha value is -3.15. The van der Waals surface area contributed by atoms with Gasteiger partial charge in [-0.2, -0.15) is 4.98 Å². The molecule has 1 saturated carbocycles. The Balaban J connectivity index is 1.49. The molecular formula is C27H34N4O2. The van der Waals surface area contributed by atoms with E-state index in [2.05, 4.69) is 48.3 Å². The largest absolute Gasteiger partial charge is 0.462 e. The maximum Gasteiger partial charge on any atom is 0.336 e. The first-order chi connectivity index (χ1) is 16.0. The number of hydrogen-bond acceptors (Lipinski definition) is 4. The third-order valence-corrected chi connectivity index (χ3v) is 6.09. The van der Waals surface area contributed by atoms with Gasteiger partial charge in [0, 0.05) is 17.7 Å². The second-order valence-electron chi connectivity index (χ2n) is 9.48. The van der Waals surface area contributed by atoms with Crippen LogP contribution in [0.5, 0.6) is 6.01 Å². The van der Waals surface area contributed by atoms with Gasteiger partial charge in [-0.1, -0.05) is 69.4 Å².